The quantitative estimate of drug-likeness (QED) is 0.176. The molecule has 1 aromatic carbocycles. The normalized spacial score (nSPS) is 19.2. The first-order chi connectivity index (χ1) is 17.8. The van der Waals surface area contributed by atoms with Gasteiger partial charge in [0.15, 0.2) is 0 Å². The number of carbonyl (C=O) groups excluding carboxylic acids is 5. The molecule has 6 N–H and O–H groups in total. The number of amides is 4. The van der Waals surface area contributed by atoms with Gasteiger partial charge in [-0.1, -0.05) is 26.0 Å². The number of nitrogens with one attached hydrogen (secondary N) is 3. The summed E-state index contributed by atoms with van der Waals surface area (Å²) in [6, 6.07) is 1.40. The van der Waals surface area contributed by atoms with E-state index in [2.05, 4.69) is 16.0 Å². The minimum Gasteiger partial charge on any atom is -0.508 e. The number of aliphatic hydroxyl groups excluding tert-OH is 1. The molecule has 1 fully saturated rings. The van der Waals surface area contributed by atoms with Crippen molar-refractivity contribution in [3.63, 3.8) is 0 Å². The number of aliphatic carboxylic acids is 1. The Morgan fingerprint density at radius 2 is 1.71 bits per heavy atom. The van der Waals surface area contributed by atoms with Crippen molar-refractivity contribution in [3.05, 3.63) is 29.8 Å². The van der Waals surface area contributed by atoms with Crippen LogP contribution in [0.15, 0.2) is 24.3 Å². The average Bonchev–Trinajstić information content (AvgIpc) is 3.23. The summed E-state index contributed by atoms with van der Waals surface area (Å²) in [5.74, 6) is -4.29. The van der Waals surface area contributed by atoms with Crippen LogP contribution < -0.4 is 16.0 Å². The number of carboxylic acids is 1. The predicted molar refractivity (Wildman–Crippen MR) is 133 cm³/mol. The van der Waals surface area contributed by atoms with E-state index in [-0.39, 0.29) is 31.4 Å². The summed E-state index contributed by atoms with van der Waals surface area (Å²) in [6.07, 6.45) is -1.47. The molecule has 1 saturated heterocycles. The molecule has 0 radical (unpaired) electrons. The molecule has 13 heteroatoms. The number of likely N-dealkylation sites (tertiary alicyclic amines) is 1. The second-order valence-electron chi connectivity index (χ2n) is 9.60. The van der Waals surface area contributed by atoms with E-state index in [4.69, 9.17) is 5.11 Å². The van der Waals surface area contributed by atoms with Crippen molar-refractivity contribution in [2.45, 2.75) is 70.3 Å². The minimum absolute atomic E-state index is 0.0357. The third kappa shape index (κ3) is 8.54. The van der Waals surface area contributed by atoms with Gasteiger partial charge in [0.25, 0.3) is 0 Å². The van der Waals surface area contributed by atoms with Crippen molar-refractivity contribution >= 4 is 35.9 Å². The van der Waals surface area contributed by atoms with Gasteiger partial charge in [-0.25, -0.2) is 0 Å². The topological polar surface area (TPSA) is 202 Å². The Balaban J connectivity index is 2.21. The van der Waals surface area contributed by atoms with Crippen LogP contribution in [0.3, 0.4) is 0 Å². The number of rotatable bonds is 12. The lowest BCUT2D eigenvalue weighted by Crippen LogP contribution is -2.59. The summed E-state index contributed by atoms with van der Waals surface area (Å²) in [6.45, 7) is 4.39. The lowest BCUT2D eigenvalue weighted by atomic mass is 10.00. The maximum absolute atomic E-state index is 13.5. The molecule has 1 unspecified atom stereocenters. The van der Waals surface area contributed by atoms with Crippen LogP contribution in [0.25, 0.3) is 0 Å². The molecule has 0 saturated carbocycles. The summed E-state index contributed by atoms with van der Waals surface area (Å²) in [7, 11) is 0. The van der Waals surface area contributed by atoms with Crippen LogP contribution in [-0.2, 0) is 35.2 Å². The molecular formula is C25H34N4O9. The third-order valence-electron chi connectivity index (χ3n) is 6.05. The molecule has 0 aliphatic carbocycles. The number of aldehydes is 1. The van der Waals surface area contributed by atoms with Crippen LogP contribution in [0, 0.1) is 5.92 Å². The number of carboxylic acid groups (broad SMARTS) is 1. The predicted octanol–water partition coefficient (Wildman–Crippen LogP) is -1.30. The van der Waals surface area contributed by atoms with E-state index in [0.29, 0.717) is 5.56 Å². The lowest BCUT2D eigenvalue weighted by molar-refractivity contribution is -0.144. The van der Waals surface area contributed by atoms with Gasteiger partial charge >= 0.3 is 5.97 Å². The van der Waals surface area contributed by atoms with Crippen molar-refractivity contribution in [2.24, 2.45) is 5.92 Å². The van der Waals surface area contributed by atoms with Crippen molar-refractivity contribution in [3.8, 4) is 5.75 Å². The second-order valence-corrected chi connectivity index (χ2v) is 9.60. The molecule has 0 bridgehead atoms. The highest BCUT2D eigenvalue weighted by Gasteiger charge is 2.43. The molecule has 1 aromatic rings. The van der Waals surface area contributed by atoms with Gasteiger partial charge in [-0.05, 0) is 23.6 Å². The maximum Gasteiger partial charge on any atom is 0.305 e. The molecule has 1 aliphatic rings. The third-order valence-corrected chi connectivity index (χ3v) is 6.05. The number of phenols is 1. The number of β-amino-alcohol motifs (C(OH)–C–C–N with tert-alkyl or cyclic N) is 1. The highest BCUT2D eigenvalue weighted by Crippen LogP contribution is 2.21. The first kappa shape index (κ1) is 30.2. The Bertz CT molecular complexity index is 1040. The van der Waals surface area contributed by atoms with Gasteiger partial charge in [0.2, 0.25) is 23.6 Å². The van der Waals surface area contributed by atoms with Gasteiger partial charge < -0.3 is 41.0 Å². The van der Waals surface area contributed by atoms with Crippen molar-refractivity contribution in [1.82, 2.24) is 20.9 Å². The fourth-order valence-corrected chi connectivity index (χ4v) is 4.17. The number of nitrogens with zero attached hydrogens (tertiary/aromatic N) is 1. The molecule has 13 nitrogen and oxygen atoms in total. The van der Waals surface area contributed by atoms with E-state index in [9.17, 15) is 39.0 Å². The Morgan fingerprint density at radius 3 is 2.24 bits per heavy atom. The number of hydrogen-bond donors (Lipinski definition) is 6. The molecule has 0 aromatic heterocycles. The van der Waals surface area contributed by atoms with Gasteiger partial charge in [0.1, 0.15) is 30.2 Å². The number of carbonyl (C=O) groups is 6. The summed E-state index contributed by atoms with van der Waals surface area (Å²) in [4.78, 5) is 74.4. The van der Waals surface area contributed by atoms with Crippen LogP contribution in [-0.4, -0.2) is 92.9 Å². The number of phenolic OH excluding ortho intramolecular Hbond substituents is 1. The molecule has 38 heavy (non-hydrogen) atoms. The maximum atomic E-state index is 13.5. The molecule has 2 rings (SSSR count). The van der Waals surface area contributed by atoms with E-state index in [1.807, 2.05) is 0 Å². The van der Waals surface area contributed by atoms with Crippen LogP contribution in [0.4, 0.5) is 0 Å². The Hall–Kier alpha value is -4.00. The van der Waals surface area contributed by atoms with E-state index in [0.717, 1.165) is 4.90 Å². The molecule has 208 valence electrons. The zero-order chi connectivity index (χ0) is 28.6. The van der Waals surface area contributed by atoms with Gasteiger partial charge in [0.05, 0.1) is 18.6 Å². The number of hydrogen-bond acceptors (Lipinski definition) is 8. The Morgan fingerprint density at radius 1 is 1.08 bits per heavy atom. The summed E-state index contributed by atoms with van der Waals surface area (Å²) < 4.78 is 0. The zero-order valence-electron chi connectivity index (χ0n) is 21.4. The molecular weight excluding hydrogens is 500 g/mol. The van der Waals surface area contributed by atoms with Crippen LogP contribution in [0.1, 0.15) is 39.2 Å². The SMILES string of the molecule is CC(=O)N[C@@H](Cc1ccc(O)cc1)C(=O)N[C@H](C(=O)N1CC(O)C[C@H]1C(=O)N[C@H](C=O)CC(=O)O)C(C)C. The van der Waals surface area contributed by atoms with Crippen molar-refractivity contribution < 1.29 is 44.1 Å². The molecule has 0 spiro atoms. The van der Waals surface area contributed by atoms with Gasteiger partial charge in [-0.2, -0.15) is 0 Å². The number of benzene rings is 1. The molecule has 4 amide bonds. The molecule has 5 atom stereocenters. The standard InChI is InChI=1S/C25H34N4O9/c1-13(2)22(28-23(36)19(26-14(3)31)8-15-4-6-17(32)7-5-15)25(38)29-11-18(33)10-20(29)24(37)27-16(12-30)9-21(34)35/h4-7,12-13,16,18-20,22,32-33H,8-11H2,1-3H3,(H,26,31)(H,27,37)(H,28,36)(H,34,35)/t16-,18?,19-,20-,22-/m0/s1. The van der Waals surface area contributed by atoms with E-state index >= 15 is 0 Å². The second kappa shape index (κ2) is 13.5. The van der Waals surface area contributed by atoms with Crippen LogP contribution >= 0.6 is 0 Å². The van der Waals surface area contributed by atoms with Crippen molar-refractivity contribution in [2.75, 3.05) is 6.54 Å². The first-order valence-corrected chi connectivity index (χ1v) is 12.1. The summed E-state index contributed by atoms with van der Waals surface area (Å²) >= 11 is 0. The van der Waals surface area contributed by atoms with Gasteiger partial charge in [-0.15, -0.1) is 0 Å². The Kier molecular flexibility index (Phi) is 10.8. The minimum atomic E-state index is -1.31. The smallest absolute Gasteiger partial charge is 0.305 e. The van der Waals surface area contributed by atoms with Gasteiger partial charge in [-0.3, -0.25) is 24.0 Å². The molecule has 1 heterocycles. The zero-order valence-corrected chi connectivity index (χ0v) is 21.4. The van der Waals surface area contributed by atoms with Crippen LogP contribution in [0.5, 0.6) is 5.75 Å². The summed E-state index contributed by atoms with van der Waals surface area (Å²) in [5, 5.41) is 36.1. The number of aromatic hydroxyl groups is 1. The fraction of sp³-hybridized carbons (Fsp3) is 0.520. The van der Waals surface area contributed by atoms with E-state index < -0.39 is 72.2 Å². The van der Waals surface area contributed by atoms with E-state index in [1.165, 1.54) is 19.1 Å². The van der Waals surface area contributed by atoms with Crippen LogP contribution in [0.2, 0.25) is 0 Å². The molecule has 1 aliphatic heterocycles. The Labute approximate surface area is 219 Å². The largest absolute Gasteiger partial charge is 0.508 e. The highest BCUT2D eigenvalue weighted by molar-refractivity contribution is 5.95. The summed E-state index contributed by atoms with van der Waals surface area (Å²) in [5.41, 5.74) is 0.648. The van der Waals surface area contributed by atoms with Gasteiger partial charge in [0, 0.05) is 26.3 Å². The lowest BCUT2D eigenvalue weighted by Gasteiger charge is -2.31. The average molecular weight is 535 g/mol. The number of aliphatic hydroxyl groups is 1. The fourth-order valence-electron chi connectivity index (χ4n) is 4.17. The monoisotopic (exact) mass is 534 g/mol. The highest BCUT2D eigenvalue weighted by atomic mass is 16.4. The first-order valence-electron chi connectivity index (χ1n) is 12.1. The van der Waals surface area contributed by atoms with Crippen molar-refractivity contribution in [1.29, 1.82) is 0 Å². The van der Waals surface area contributed by atoms with E-state index in [1.54, 1.807) is 26.0 Å².